The van der Waals surface area contributed by atoms with E-state index < -0.39 is 0 Å². The highest BCUT2D eigenvalue weighted by atomic mass is 16.5. The van der Waals surface area contributed by atoms with Crippen molar-refractivity contribution in [2.24, 2.45) is 0 Å². The van der Waals surface area contributed by atoms with Gasteiger partial charge in [-0.3, -0.25) is 9.69 Å². The Hall–Kier alpha value is -3.93. The largest absolute Gasteiger partial charge is 0.496 e. The number of hydrogen-bond acceptors (Lipinski definition) is 4. The van der Waals surface area contributed by atoms with Gasteiger partial charge in [-0.25, -0.2) is 4.68 Å². The fourth-order valence-electron chi connectivity index (χ4n) is 4.31. The summed E-state index contributed by atoms with van der Waals surface area (Å²) in [6, 6.07) is 27.0. The molecule has 2 heterocycles. The van der Waals surface area contributed by atoms with Gasteiger partial charge in [0.25, 0.3) is 5.91 Å². The Kier molecular flexibility index (Phi) is 4.96. The molecule has 31 heavy (non-hydrogen) atoms. The normalized spacial score (nSPS) is 17.8. The topological polar surface area (TPSA) is 60.2 Å². The highest BCUT2D eigenvalue weighted by Gasteiger charge is 2.40. The molecule has 0 bridgehead atoms. The molecule has 0 N–H and O–H groups in total. The van der Waals surface area contributed by atoms with E-state index in [0.717, 1.165) is 16.9 Å². The van der Waals surface area contributed by atoms with E-state index in [9.17, 15) is 4.79 Å². The average Bonchev–Trinajstić information content (AvgIpc) is 3.33. The Balaban J connectivity index is 1.67. The van der Waals surface area contributed by atoms with Crippen molar-refractivity contribution >= 4 is 11.9 Å². The number of amides is 1. The Morgan fingerprint density at radius 2 is 1.58 bits per heavy atom. The lowest BCUT2D eigenvalue weighted by atomic mass is 9.91. The number of hydrogen-bond donors (Lipinski definition) is 0. The van der Waals surface area contributed by atoms with Crippen LogP contribution in [0.1, 0.15) is 40.0 Å². The molecule has 6 heteroatoms. The lowest BCUT2D eigenvalue weighted by Crippen LogP contribution is -2.42. The number of carbonyl (C=O) groups is 1. The minimum atomic E-state index is -0.194. The van der Waals surface area contributed by atoms with Crippen LogP contribution in [0.15, 0.2) is 91.3 Å². The molecule has 0 aliphatic carbocycles. The molecule has 0 saturated heterocycles. The van der Waals surface area contributed by atoms with Crippen LogP contribution in [-0.4, -0.2) is 27.8 Å². The summed E-state index contributed by atoms with van der Waals surface area (Å²) in [7, 11) is 1.67. The third kappa shape index (κ3) is 3.36. The molecule has 4 aromatic rings. The first-order valence-corrected chi connectivity index (χ1v) is 10.2. The molecule has 1 amide bonds. The molecule has 1 aliphatic rings. The number of nitrogens with zero attached hydrogens (tertiary/aromatic N) is 4. The average molecular weight is 410 g/mol. The summed E-state index contributed by atoms with van der Waals surface area (Å²) in [6.45, 7) is 0. The Morgan fingerprint density at radius 1 is 0.903 bits per heavy atom. The summed E-state index contributed by atoms with van der Waals surface area (Å²) in [5, 5.41) is 4.50. The number of aromatic nitrogens is 3. The second kappa shape index (κ2) is 8.07. The lowest BCUT2D eigenvalue weighted by molar-refractivity contribution is 0.0963. The Morgan fingerprint density at radius 3 is 2.32 bits per heavy atom. The first-order valence-electron chi connectivity index (χ1n) is 10.2. The van der Waals surface area contributed by atoms with Gasteiger partial charge in [0, 0.05) is 11.1 Å². The highest BCUT2D eigenvalue weighted by molar-refractivity contribution is 6.05. The van der Waals surface area contributed by atoms with Crippen molar-refractivity contribution in [3.8, 4) is 5.75 Å². The van der Waals surface area contributed by atoms with Gasteiger partial charge in [0.2, 0.25) is 5.95 Å². The minimum Gasteiger partial charge on any atom is -0.496 e. The number of benzene rings is 3. The van der Waals surface area contributed by atoms with Crippen LogP contribution in [0.3, 0.4) is 0 Å². The molecule has 0 fully saturated rings. The third-order valence-electron chi connectivity index (χ3n) is 5.74. The first-order chi connectivity index (χ1) is 15.3. The van der Waals surface area contributed by atoms with Gasteiger partial charge >= 0.3 is 0 Å². The maximum Gasteiger partial charge on any atom is 0.261 e. The molecule has 6 nitrogen and oxygen atoms in total. The van der Waals surface area contributed by atoms with Gasteiger partial charge < -0.3 is 4.74 Å². The SMILES string of the molecule is COc1ccccc1[C@@H]1C[C@@H](c2ccccc2)N(C(=O)c2ccccc2)c2ncnn21. The fraction of sp³-hybridized carbons (Fsp3) is 0.160. The predicted octanol–water partition coefficient (Wildman–Crippen LogP) is 4.67. The van der Waals surface area contributed by atoms with Crippen molar-refractivity contribution in [1.82, 2.24) is 14.8 Å². The summed E-state index contributed by atoms with van der Waals surface area (Å²) < 4.78 is 7.46. The van der Waals surface area contributed by atoms with Crippen LogP contribution in [0.25, 0.3) is 0 Å². The first kappa shape index (κ1) is 19.1. The highest BCUT2D eigenvalue weighted by Crippen LogP contribution is 2.44. The quantitative estimate of drug-likeness (QED) is 0.491. The van der Waals surface area contributed by atoms with E-state index in [4.69, 9.17) is 4.74 Å². The molecule has 1 aromatic heterocycles. The number of fused-ring (bicyclic) bond motifs is 1. The summed E-state index contributed by atoms with van der Waals surface area (Å²) in [5.41, 5.74) is 2.69. The zero-order valence-corrected chi connectivity index (χ0v) is 17.1. The zero-order valence-electron chi connectivity index (χ0n) is 17.1. The smallest absolute Gasteiger partial charge is 0.261 e. The molecular weight excluding hydrogens is 388 g/mol. The molecule has 0 unspecified atom stereocenters. The van der Waals surface area contributed by atoms with Crippen LogP contribution in [0.5, 0.6) is 5.75 Å². The van der Waals surface area contributed by atoms with E-state index >= 15 is 0 Å². The van der Waals surface area contributed by atoms with E-state index in [1.165, 1.54) is 6.33 Å². The summed E-state index contributed by atoms with van der Waals surface area (Å²) in [6.07, 6.45) is 2.16. The Bertz CT molecular complexity index is 1190. The predicted molar refractivity (Wildman–Crippen MR) is 118 cm³/mol. The van der Waals surface area contributed by atoms with Crippen molar-refractivity contribution < 1.29 is 9.53 Å². The van der Waals surface area contributed by atoms with Crippen molar-refractivity contribution in [1.29, 1.82) is 0 Å². The number of anilines is 1. The number of ether oxygens (including phenoxy) is 1. The lowest BCUT2D eigenvalue weighted by Gasteiger charge is -2.39. The molecule has 3 aromatic carbocycles. The maximum atomic E-state index is 13.6. The van der Waals surface area contributed by atoms with Crippen molar-refractivity contribution in [2.45, 2.75) is 18.5 Å². The van der Waals surface area contributed by atoms with E-state index in [-0.39, 0.29) is 18.0 Å². The number of methoxy groups -OCH3 is 1. The standard InChI is InChI=1S/C25H22N4O2/c1-31-23-15-9-8-14-20(23)22-16-21(18-10-4-2-5-11-18)28(25-26-17-27-29(22)25)24(30)19-12-6-3-7-13-19/h2-15,17,21-22H,16H2,1H3/t21-,22-/m0/s1. The second-order valence-corrected chi connectivity index (χ2v) is 7.47. The van der Waals surface area contributed by atoms with E-state index in [1.807, 2.05) is 77.5 Å². The van der Waals surface area contributed by atoms with Crippen LogP contribution in [0.2, 0.25) is 0 Å². The zero-order chi connectivity index (χ0) is 21.2. The van der Waals surface area contributed by atoms with Crippen LogP contribution in [-0.2, 0) is 0 Å². The van der Waals surface area contributed by atoms with Gasteiger partial charge in [-0.2, -0.15) is 10.1 Å². The fourth-order valence-corrected chi connectivity index (χ4v) is 4.31. The molecule has 2 atom stereocenters. The Labute approximate surface area is 180 Å². The molecule has 5 rings (SSSR count). The van der Waals surface area contributed by atoms with Gasteiger partial charge in [-0.15, -0.1) is 0 Å². The van der Waals surface area contributed by atoms with Crippen LogP contribution in [0, 0.1) is 0 Å². The van der Waals surface area contributed by atoms with E-state index in [1.54, 1.807) is 12.0 Å². The van der Waals surface area contributed by atoms with Gasteiger partial charge in [0.15, 0.2) is 0 Å². The number of carbonyl (C=O) groups excluding carboxylic acids is 1. The van der Waals surface area contributed by atoms with Crippen molar-refractivity contribution in [2.75, 3.05) is 12.0 Å². The molecule has 0 spiro atoms. The number of rotatable bonds is 4. The van der Waals surface area contributed by atoms with Gasteiger partial charge in [-0.05, 0) is 30.2 Å². The maximum absolute atomic E-state index is 13.6. The van der Waals surface area contributed by atoms with Gasteiger partial charge in [-0.1, -0.05) is 66.7 Å². The third-order valence-corrected chi connectivity index (χ3v) is 5.74. The number of para-hydroxylation sites is 1. The summed E-state index contributed by atoms with van der Waals surface area (Å²) >= 11 is 0. The van der Waals surface area contributed by atoms with Crippen LogP contribution < -0.4 is 9.64 Å². The van der Waals surface area contributed by atoms with Crippen LogP contribution >= 0.6 is 0 Å². The molecule has 1 aliphatic heterocycles. The van der Waals surface area contributed by atoms with Gasteiger partial charge in [0.05, 0.1) is 19.2 Å². The molecule has 154 valence electrons. The van der Waals surface area contributed by atoms with Crippen molar-refractivity contribution in [3.05, 3.63) is 108 Å². The monoisotopic (exact) mass is 410 g/mol. The van der Waals surface area contributed by atoms with Gasteiger partial charge in [0.1, 0.15) is 12.1 Å². The molecular formula is C25H22N4O2. The summed E-state index contributed by atoms with van der Waals surface area (Å²) in [4.78, 5) is 19.9. The van der Waals surface area contributed by atoms with E-state index in [0.29, 0.717) is 17.9 Å². The molecule has 0 radical (unpaired) electrons. The van der Waals surface area contributed by atoms with Crippen molar-refractivity contribution in [3.63, 3.8) is 0 Å². The molecule has 0 saturated carbocycles. The second-order valence-electron chi connectivity index (χ2n) is 7.47. The minimum absolute atomic E-state index is 0.0952. The summed E-state index contributed by atoms with van der Waals surface area (Å²) in [5.74, 6) is 1.23. The van der Waals surface area contributed by atoms with Crippen LogP contribution in [0.4, 0.5) is 5.95 Å². The van der Waals surface area contributed by atoms with E-state index in [2.05, 4.69) is 22.2 Å².